The average Bonchev–Trinajstić information content (AvgIpc) is 3.01. The highest BCUT2D eigenvalue weighted by Gasteiger charge is 2.39. The average molecular weight is 200 g/mol. The van der Waals surface area contributed by atoms with E-state index in [4.69, 9.17) is 4.74 Å². The van der Waals surface area contributed by atoms with Gasteiger partial charge in [0.15, 0.2) is 0 Å². The summed E-state index contributed by atoms with van der Waals surface area (Å²) in [6, 6.07) is 0.103. The summed E-state index contributed by atoms with van der Waals surface area (Å²) < 4.78 is 5.38. The largest absolute Gasteiger partial charge is 0.377 e. The SMILES string of the molecule is CONC(=O)N1CCOCC1C1CC1. The predicted octanol–water partition coefficient (Wildman–Crippen LogP) is 0.368. The normalized spacial score (nSPS) is 27.5. The summed E-state index contributed by atoms with van der Waals surface area (Å²) in [7, 11) is 1.45. The van der Waals surface area contributed by atoms with Gasteiger partial charge in [-0.25, -0.2) is 10.3 Å². The molecule has 0 radical (unpaired) electrons. The molecule has 5 heteroatoms. The van der Waals surface area contributed by atoms with Crippen LogP contribution in [0.15, 0.2) is 0 Å². The molecular weight excluding hydrogens is 184 g/mol. The van der Waals surface area contributed by atoms with Crippen LogP contribution in [0, 0.1) is 5.92 Å². The molecule has 0 aromatic carbocycles. The quantitative estimate of drug-likeness (QED) is 0.655. The van der Waals surface area contributed by atoms with Gasteiger partial charge in [-0.3, -0.25) is 4.84 Å². The number of ether oxygens (including phenoxy) is 1. The number of hydroxylamine groups is 1. The minimum atomic E-state index is -0.146. The van der Waals surface area contributed by atoms with Crippen molar-refractivity contribution >= 4 is 6.03 Å². The second kappa shape index (κ2) is 4.14. The molecule has 2 rings (SSSR count). The predicted molar refractivity (Wildman–Crippen MR) is 49.6 cm³/mol. The first-order valence-corrected chi connectivity index (χ1v) is 5.00. The van der Waals surface area contributed by atoms with Crippen molar-refractivity contribution in [3.63, 3.8) is 0 Å². The Morgan fingerprint density at radius 3 is 3.00 bits per heavy atom. The highest BCUT2D eigenvalue weighted by molar-refractivity contribution is 5.73. The van der Waals surface area contributed by atoms with Crippen LogP contribution in [0.4, 0.5) is 4.79 Å². The number of urea groups is 1. The zero-order valence-corrected chi connectivity index (χ0v) is 8.36. The number of amides is 2. The molecule has 1 aliphatic heterocycles. The van der Waals surface area contributed by atoms with E-state index < -0.39 is 0 Å². The van der Waals surface area contributed by atoms with E-state index in [1.807, 2.05) is 4.90 Å². The van der Waals surface area contributed by atoms with Crippen molar-refractivity contribution in [1.29, 1.82) is 0 Å². The highest BCUT2D eigenvalue weighted by Crippen LogP contribution is 2.36. The molecule has 1 aliphatic carbocycles. The smallest absolute Gasteiger partial charge is 0.341 e. The van der Waals surface area contributed by atoms with Crippen molar-refractivity contribution in [2.45, 2.75) is 18.9 Å². The Kier molecular flexibility index (Phi) is 2.88. The molecule has 0 bridgehead atoms. The number of morpholine rings is 1. The number of carbonyl (C=O) groups excluding carboxylic acids is 1. The maximum absolute atomic E-state index is 11.6. The first kappa shape index (κ1) is 9.73. The Labute approximate surface area is 83.3 Å². The third-order valence-corrected chi connectivity index (χ3v) is 2.78. The van der Waals surface area contributed by atoms with Crippen LogP contribution in [0.1, 0.15) is 12.8 Å². The zero-order valence-electron chi connectivity index (χ0n) is 8.36. The van der Waals surface area contributed by atoms with Crippen LogP contribution < -0.4 is 5.48 Å². The van der Waals surface area contributed by atoms with Crippen molar-refractivity contribution < 1.29 is 14.4 Å². The van der Waals surface area contributed by atoms with Crippen molar-refractivity contribution in [2.24, 2.45) is 5.92 Å². The van der Waals surface area contributed by atoms with E-state index in [2.05, 4.69) is 10.3 Å². The Balaban J connectivity index is 1.94. The summed E-state index contributed by atoms with van der Waals surface area (Å²) in [4.78, 5) is 18.0. The monoisotopic (exact) mass is 200 g/mol. The first-order chi connectivity index (χ1) is 6.83. The van der Waals surface area contributed by atoms with Crippen molar-refractivity contribution in [3.05, 3.63) is 0 Å². The zero-order chi connectivity index (χ0) is 9.97. The van der Waals surface area contributed by atoms with Gasteiger partial charge >= 0.3 is 6.03 Å². The number of hydrogen-bond donors (Lipinski definition) is 1. The fourth-order valence-electron chi connectivity index (χ4n) is 1.89. The number of carbonyl (C=O) groups is 1. The van der Waals surface area contributed by atoms with Gasteiger partial charge in [0.25, 0.3) is 0 Å². The van der Waals surface area contributed by atoms with Crippen LogP contribution in [-0.4, -0.2) is 43.8 Å². The molecule has 1 N–H and O–H groups in total. The van der Waals surface area contributed by atoms with E-state index in [0.717, 1.165) is 0 Å². The summed E-state index contributed by atoms with van der Waals surface area (Å²) in [5.41, 5.74) is 2.36. The van der Waals surface area contributed by atoms with E-state index in [9.17, 15) is 4.79 Å². The number of nitrogens with one attached hydrogen (secondary N) is 1. The van der Waals surface area contributed by atoms with Gasteiger partial charge in [0.2, 0.25) is 0 Å². The van der Waals surface area contributed by atoms with Gasteiger partial charge in [0.1, 0.15) is 0 Å². The standard InChI is InChI=1S/C9H16N2O3/c1-13-10-9(12)11-4-5-14-6-8(11)7-2-3-7/h7-8H,2-6H2,1H3,(H,10,12). The number of hydrogen-bond acceptors (Lipinski definition) is 3. The summed E-state index contributed by atoms with van der Waals surface area (Å²) >= 11 is 0. The molecule has 5 nitrogen and oxygen atoms in total. The molecule has 0 spiro atoms. The van der Waals surface area contributed by atoms with Gasteiger partial charge in [-0.05, 0) is 18.8 Å². The summed E-state index contributed by atoms with van der Waals surface area (Å²) in [5.74, 6) is 0.637. The second-order valence-electron chi connectivity index (χ2n) is 3.78. The lowest BCUT2D eigenvalue weighted by atomic mass is 10.1. The van der Waals surface area contributed by atoms with Crippen molar-refractivity contribution in [3.8, 4) is 0 Å². The second-order valence-corrected chi connectivity index (χ2v) is 3.78. The fraction of sp³-hybridized carbons (Fsp3) is 0.889. The fourth-order valence-corrected chi connectivity index (χ4v) is 1.89. The van der Waals surface area contributed by atoms with Crippen LogP contribution in [-0.2, 0) is 9.57 Å². The molecule has 1 heterocycles. The Morgan fingerprint density at radius 1 is 1.57 bits per heavy atom. The third-order valence-electron chi connectivity index (χ3n) is 2.78. The van der Waals surface area contributed by atoms with Crippen molar-refractivity contribution in [2.75, 3.05) is 26.9 Å². The van der Waals surface area contributed by atoms with Gasteiger partial charge in [-0.1, -0.05) is 0 Å². The van der Waals surface area contributed by atoms with Crippen LogP contribution in [0.25, 0.3) is 0 Å². The molecule has 2 fully saturated rings. The molecule has 1 saturated carbocycles. The van der Waals surface area contributed by atoms with Gasteiger partial charge in [0.05, 0.1) is 26.4 Å². The maximum Gasteiger partial charge on any atom is 0.341 e. The van der Waals surface area contributed by atoms with E-state index >= 15 is 0 Å². The summed E-state index contributed by atoms with van der Waals surface area (Å²) in [6.45, 7) is 1.96. The number of rotatable bonds is 2. The maximum atomic E-state index is 11.6. The topological polar surface area (TPSA) is 50.8 Å². The van der Waals surface area contributed by atoms with Gasteiger partial charge in [-0.2, -0.15) is 0 Å². The Morgan fingerprint density at radius 2 is 2.36 bits per heavy atom. The summed E-state index contributed by atoms with van der Waals surface area (Å²) in [5, 5.41) is 0. The number of nitrogens with zero attached hydrogens (tertiary/aromatic N) is 1. The van der Waals surface area contributed by atoms with Crippen LogP contribution >= 0.6 is 0 Å². The van der Waals surface area contributed by atoms with E-state index in [1.54, 1.807) is 0 Å². The molecule has 1 atom stereocenters. The lowest BCUT2D eigenvalue weighted by Gasteiger charge is -2.35. The minimum Gasteiger partial charge on any atom is -0.377 e. The molecule has 80 valence electrons. The van der Waals surface area contributed by atoms with Crippen LogP contribution in [0.2, 0.25) is 0 Å². The Hall–Kier alpha value is -0.810. The molecule has 0 aromatic rings. The third kappa shape index (κ3) is 1.99. The van der Waals surface area contributed by atoms with Crippen LogP contribution in [0.5, 0.6) is 0 Å². The van der Waals surface area contributed by atoms with Gasteiger partial charge in [-0.15, -0.1) is 0 Å². The highest BCUT2D eigenvalue weighted by atomic mass is 16.6. The molecule has 1 saturated heterocycles. The molecule has 0 aromatic heterocycles. The lowest BCUT2D eigenvalue weighted by Crippen LogP contribution is -2.53. The summed E-state index contributed by atoms with van der Waals surface area (Å²) in [6.07, 6.45) is 2.43. The van der Waals surface area contributed by atoms with Crippen LogP contribution in [0.3, 0.4) is 0 Å². The van der Waals surface area contributed by atoms with E-state index in [0.29, 0.717) is 25.7 Å². The van der Waals surface area contributed by atoms with Gasteiger partial charge < -0.3 is 9.64 Å². The molecular formula is C9H16N2O3. The molecule has 2 aliphatic rings. The molecule has 1 unspecified atom stereocenters. The first-order valence-electron chi connectivity index (χ1n) is 5.00. The van der Waals surface area contributed by atoms with Crippen molar-refractivity contribution in [1.82, 2.24) is 10.4 Å². The van der Waals surface area contributed by atoms with E-state index in [-0.39, 0.29) is 12.1 Å². The lowest BCUT2D eigenvalue weighted by molar-refractivity contribution is -0.00799. The molecule has 14 heavy (non-hydrogen) atoms. The Bertz CT molecular complexity index is 218. The van der Waals surface area contributed by atoms with E-state index in [1.165, 1.54) is 20.0 Å². The minimum absolute atomic E-state index is 0.146. The molecule has 2 amide bonds. The van der Waals surface area contributed by atoms with Gasteiger partial charge in [0, 0.05) is 6.54 Å².